The molecular weight excluding hydrogens is 316 g/mol. The highest BCUT2D eigenvalue weighted by Crippen LogP contribution is 2.27. The number of aromatic nitrogens is 1. The maximum Gasteiger partial charge on any atom is 0.329 e. The van der Waals surface area contributed by atoms with Crippen LogP contribution in [-0.2, 0) is 4.79 Å². The number of carbonyl (C=O) groups is 2. The van der Waals surface area contributed by atoms with Crippen LogP contribution in [0.5, 0.6) is 0 Å². The van der Waals surface area contributed by atoms with E-state index in [4.69, 9.17) is 0 Å². The van der Waals surface area contributed by atoms with Crippen molar-refractivity contribution in [3.8, 4) is 0 Å². The number of hydrogen-bond acceptors (Lipinski definition) is 4. The van der Waals surface area contributed by atoms with Crippen LogP contribution >= 0.6 is 11.8 Å². The normalized spacial score (nSPS) is 16.9. The summed E-state index contributed by atoms with van der Waals surface area (Å²) < 4.78 is 0. The van der Waals surface area contributed by atoms with Crippen molar-refractivity contribution in [2.24, 2.45) is 0 Å². The highest BCUT2D eigenvalue weighted by Gasteiger charge is 2.41. The first kappa shape index (κ1) is 15.6. The smallest absolute Gasteiger partial charge is 0.329 e. The van der Waals surface area contributed by atoms with Gasteiger partial charge in [0.2, 0.25) is 0 Å². The molecule has 23 heavy (non-hydrogen) atoms. The monoisotopic (exact) mass is 332 g/mol. The van der Waals surface area contributed by atoms with Gasteiger partial charge in [0.05, 0.1) is 0 Å². The third-order valence-corrected chi connectivity index (χ3v) is 5.09. The number of benzene rings is 1. The van der Waals surface area contributed by atoms with Crippen LogP contribution in [0.25, 0.3) is 10.8 Å². The molecule has 120 valence electrons. The topological polar surface area (TPSA) is 99.3 Å². The van der Waals surface area contributed by atoms with E-state index in [0.29, 0.717) is 35.1 Å². The van der Waals surface area contributed by atoms with Crippen molar-refractivity contribution in [3.63, 3.8) is 0 Å². The van der Waals surface area contributed by atoms with Gasteiger partial charge in [-0.1, -0.05) is 18.2 Å². The Morgan fingerprint density at radius 2 is 1.91 bits per heavy atom. The Morgan fingerprint density at radius 3 is 2.61 bits per heavy atom. The highest BCUT2D eigenvalue weighted by molar-refractivity contribution is 7.99. The number of pyridine rings is 1. The molecule has 0 spiro atoms. The first-order valence-electron chi connectivity index (χ1n) is 7.28. The lowest BCUT2D eigenvalue weighted by Crippen LogP contribution is -2.56. The van der Waals surface area contributed by atoms with E-state index in [-0.39, 0.29) is 11.3 Å². The van der Waals surface area contributed by atoms with Crippen LogP contribution < -0.4 is 10.9 Å². The number of amides is 1. The molecule has 1 aliphatic heterocycles. The Balaban J connectivity index is 1.94. The average Bonchev–Trinajstić information content (AvgIpc) is 2.55. The number of rotatable bonds is 3. The van der Waals surface area contributed by atoms with E-state index in [1.165, 1.54) is 0 Å². The quantitative estimate of drug-likeness (QED) is 0.793. The molecule has 1 fully saturated rings. The molecule has 2 aromatic rings. The minimum absolute atomic E-state index is 0.0764. The minimum atomic E-state index is -1.26. The van der Waals surface area contributed by atoms with E-state index in [9.17, 15) is 19.5 Å². The Kier molecular flexibility index (Phi) is 4.12. The van der Waals surface area contributed by atoms with E-state index in [2.05, 4.69) is 10.3 Å². The predicted molar refractivity (Wildman–Crippen MR) is 89.0 cm³/mol. The second-order valence-corrected chi connectivity index (χ2v) is 6.78. The molecule has 7 heteroatoms. The molecule has 0 unspecified atom stereocenters. The van der Waals surface area contributed by atoms with Gasteiger partial charge >= 0.3 is 5.97 Å². The predicted octanol–water partition coefficient (Wildman–Crippen LogP) is 1.61. The van der Waals surface area contributed by atoms with E-state index in [0.717, 1.165) is 0 Å². The second-order valence-electron chi connectivity index (χ2n) is 5.55. The number of carboxylic acids is 1. The number of H-pyrrole nitrogens is 1. The van der Waals surface area contributed by atoms with Crippen molar-refractivity contribution in [2.45, 2.75) is 18.4 Å². The third kappa shape index (κ3) is 2.96. The van der Waals surface area contributed by atoms with Gasteiger partial charge < -0.3 is 15.4 Å². The maximum atomic E-state index is 12.5. The molecule has 3 N–H and O–H groups in total. The molecule has 3 rings (SSSR count). The SMILES string of the molecule is O=C(NC1(C(=O)O)CCSCC1)c1cc2ccccc2c(=O)[nH]1. The van der Waals surface area contributed by atoms with Gasteiger partial charge in [0.15, 0.2) is 0 Å². The average molecular weight is 332 g/mol. The second kappa shape index (κ2) is 6.08. The van der Waals surface area contributed by atoms with Crippen molar-refractivity contribution in [1.82, 2.24) is 10.3 Å². The number of fused-ring (bicyclic) bond motifs is 1. The number of carbonyl (C=O) groups excluding carboxylic acids is 1. The summed E-state index contributed by atoms with van der Waals surface area (Å²) in [6, 6.07) is 8.51. The molecule has 0 saturated carbocycles. The fraction of sp³-hybridized carbons (Fsp3) is 0.312. The van der Waals surface area contributed by atoms with Crippen molar-refractivity contribution in [2.75, 3.05) is 11.5 Å². The zero-order chi connectivity index (χ0) is 16.4. The van der Waals surface area contributed by atoms with Crippen molar-refractivity contribution in [1.29, 1.82) is 0 Å². The highest BCUT2D eigenvalue weighted by atomic mass is 32.2. The van der Waals surface area contributed by atoms with Gasteiger partial charge in [0.1, 0.15) is 11.2 Å². The number of carboxylic acid groups (broad SMARTS) is 1. The van der Waals surface area contributed by atoms with Gasteiger partial charge in [-0.25, -0.2) is 4.79 Å². The summed E-state index contributed by atoms with van der Waals surface area (Å²) >= 11 is 1.67. The number of hydrogen-bond donors (Lipinski definition) is 3. The summed E-state index contributed by atoms with van der Waals surface area (Å²) in [6.07, 6.45) is 0.743. The summed E-state index contributed by atoms with van der Waals surface area (Å²) in [5.74, 6) is -0.238. The number of aromatic amines is 1. The van der Waals surface area contributed by atoms with Gasteiger partial charge in [0, 0.05) is 5.39 Å². The molecule has 1 amide bonds. The van der Waals surface area contributed by atoms with Crippen LogP contribution in [0.4, 0.5) is 0 Å². The lowest BCUT2D eigenvalue weighted by molar-refractivity contribution is -0.144. The van der Waals surface area contributed by atoms with Crippen molar-refractivity contribution < 1.29 is 14.7 Å². The van der Waals surface area contributed by atoms with Crippen LogP contribution in [0.2, 0.25) is 0 Å². The van der Waals surface area contributed by atoms with E-state index in [1.807, 2.05) is 0 Å². The molecular formula is C16H16N2O4S. The van der Waals surface area contributed by atoms with E-state index < -0.39 is 17.4 Å². The Hall–Kier alpha value is -2.28. The zero-order valence-corrected chi connectivity index (χ0v) is 13.1. The van der Waals surface area contributed by atoms with Crippen LogP contribution in [0.1, 0.15) is 23.3 Å². The lowest BCUT2D eigenvalue weighted by Gasteiger charge is -2.33. The molecule has 1 saturated heterocycles. The fourth-order valence-electron chi connectivity index (χ4n) is 2.73. The van der Waals surface area contributed by atoms with Gasteiger partial charge in [-0.2, -0.15) is 11.8 Å². The number of aliphatic carboxylic acids is 1. The first-order chi connectivity index (χ1) is 11.0. The Labute approximate surface area is 136 Å². The standard InChI is InChI=1S/C16H16N2O4S/c19-13-11-4-2-1-3-10(11)9-12(17-13)14(20)18-16(15(21)22)5-7-23-8-6-16/h1-4,9H,5-8H2,(H,17,19)(H,18,20)(H,21,22). The summed E-state index contributed by atoms with van der Waals surface area (Å²) in [6.45, 7) is 0. The molecule has 0 bridgehead atoms. The van der Waals surface area contributed by atoms with E-state index >= 15 is 0 Å². The molecule has 1 aliphatic rings. The minimum Gasteiger partial charge on any atom is -0.480 e. The van der Waals surface area contributed by atoms with Gasteiger partial charge in [-0.15, -0.1) is 0 Å². The summed E-state index contributed by atoms with van der Waals surface area (Å²) in [5.41, 5.74) is -1.55. The van der Waals surface area contributed by atoms with Gasteiger partial charge in [-0.05, 0) is 41.9 Å². The van der Waals surface area contributed by atoms with Crippen molar-refractivity contribution in [3.05, 3.63) is 46.4 Å². The Morgan fingerprint density at radius 1 is 1.22 bits per heavy atom. The van der Waals surface area contributed by atoms with E-state index in [1.54, 1.807) is 42.1 Å². The fourth-order valence-corrected chi connectivity index (χ4v) is 3.92. The number of nitrogens with one attached hydrogen (secondary N) is 2. The summed E-state index contributed by atoms with van der Waals surface area (Å²) in [4.78, 5) is 38.7. The molecule has 6 nitrogen and oxygen atoms in total. The maximum absolute atomic E-state index is 12.5. The molecule has 0 aliphatic carbocycles. The summed E-state index contributed by atoms with van der Waals surface area (Å²) in [5, 5.41) is 13.3. The largest absolute Gasteiger partial charge is 0.480 e. The van der Waals surface area contributed by atoms with Crippen LogP contribution in [0.3, 0.4) is 0 Å². The van der Waals surface area contributed by atoms with Crippen molar-refractivity contribution >= 4 is 34.4 Å². The van der Waals surface area contributed by atoms with Gasteiger partial charge in [0.25, 0.3) is 11.5 Å². The van der Waals surface area contributed by atoms with Gasteiger partial charge in [-0.3, -0.25) is 9.59 Å². The number of thioether (sulfide) groups is 1. The molecule has 1 aromatic carbocycles. The first-order valence-corrected chi connectivity index (χ1v) is 8.43. The molecule has 0 atom stereocenters. The Bertz CT molecular complexity index is 824. The summed E-state index contributed by atoms with van der Waals surface area (Å²) in [7, 11) is 0. The molecule has 2 heterocycles. The van der Waals surface area contributed by atoms with Crippen LogP contribution in [0, 0.1) is 0 Å². The van der Waals surface area contributed by atoms with Crippen LogP contribution in [0.15, 0.2) is 35.1 Å². The third-order valence-electron chi connectivity index (χ3n) is 4.11. The molecule has 1 aromatic heterocycles. The molecule has 0 radical (unpaired) electrons. The zero-order valence-electron chi connectivity index (χ0n) is 12.3. The lowest BCUT2D eigenvalue weighted by atomic mass is 9.92. The van der Waals surface area contributed by atoms with Crippen LogP contribution in [-0.4, -0.2) is 39.0 Å².